The number of hydrogen-bond donors (Lipinski definition) is 1. The van der Waals surface area contributed by atoms with Gasteiger partial charge >= 0.3 is 0 Å². The third-order valence-corrected chi connectivity index (χ3v) is 2.54. The van der Waals surface area contributed by atoms with E-state index in [1.54, 1.807) is 4.90 Å². The summed E-state index contributed by atoms with van der Waals surface area (Å²) in [6, 6.07) is 0.201. The van der Waals surface area contributed by atoms with Gasteiger partial charge in [0.1, 0.15) is 0 Å². The quantitative estimate of drug-likeness (QED) is 0.767. The first-order valence-electron chi connectivity index (χ1n) is 5.48. The van der Waals surface area contributed by atoms with Gasteiger partial charge in [-0.2, -0.15) is 0 Å². The van der Waals surface area contributed by atoms with E-state index in [-0.39, 0.29) is 24.4 Å². The molecule has 0 aliphatic rings. The molecular weight excluding hydrogens is 212 g/mol. The molecule has 15 heavy (non-hydrogen) atoms. The second kappa shape index (κ2) is 8.98. The van der Waals surface area contributed by atoms with Crippen LogP contribution < -0.4 is 5.73 Å². The Kier molecular flexibility index (Phi) is 10.3. The lowest BCUT2D eigenvalue weighted by Crippen LogP contribution is -2.34. The molecule has 0 aromatic rings. The van der Waals surface area contributed by atoms with Crippen LogP contribution in [0.25, 0.3) is 0 Å². The first kappa shape index (κ1) is 17.1. The average molecular weight is 237 g/mol. The minimum atomic E-state index is 0. The van der Waals surface area contributed by atoms with Gasteiger partial charge in [0.15, 0.2) is 0 Å². The van der Waals surface area contributed by atoms with E-state index in [0.717, 1.165) is 19.4 Å². The number of nitrogens with zero attached hydrogens (tertiary/aromatic N) is 1. The third-order valence-electron chi connectivity index (χ3n) is 2.54. The van der Waals surface area contributed by atoms with Crippen molar-refractivity contribution in [1.29, 1.82) is 0 Å². The molecule has 1 unspecified atom stereocenters. The van der Waals surface area contributed by atoms with E-state index in [1.807, 2.05) is 14.0 Å². The van der Waals surface area contributed by atoms with Gasteiger partial charge in [-0.25, -0.2) is 0 Å². The van der Waals surface area contributed by atoms with Crippen molar-refractivity contribution in [2.24, 2.45) is 11.7 Å². The van der Waals surface area contributed by atoms with Gasteiger partial charge in [-0.3, -0.25) is 4.79 Å². The topological polar surface area (TPSA) is 46.3 Å². The van der Waals surface area contributed by atoms with E-state index in [9.17, 15) is 4.79 Å². The van der Waals surface area contributed by atoms with Crippen LogP contribution >= 0.6 is 12.4 Å². The number of carbonyl (C=O) groups excluding carboxylic acids is 1. The van der Waals surface area contributed by atoms with Gasteiger partial charge in [0.05, 0.1) is 0 Å². The van der Waals surface area contributed by atoms with Crippen molar-refractivity contribution in [3.63, 3.8) is 0 Å². The molecule has 4 heteroatoms. The van der Waals surface area contributed by atoms with Crippen molar-refractivity contribution in [1.82, 2.24) is 4.90 Å². The average Bonchev–Trinajstić information content (AvgIpc) is 2.13. The zero-order chi connectivity index (χ0) is 11.1. The lowest BCUT2D eigenvalue weighted by Gasteiger charge is -2.21. The molecule has 0 saturated carbocycles. The molecule has 0 fully saturated rings. The Morgan fingerprint density at radius 1 is 1.40 bits per heavy atom. The van der Waals surface area contributed by atoms with E-state index in [0.29, 0.717) is 12.3 Å². The molecule has 1 amide bonds. The van der Waals surface area contributed by atoms with Crippen LogP contribution in [-0.2, 0) is 4.79 Å². The highest BCUT2D eigenvalue weighted by molar-refractivity contribution is 5.85. The van der Waals surface area contributed by atoms with Gasteiger partial charge < -0.3 is 10.6 Å². The molecule has 0 aliphatic carbocycles. The molecule has 0 bridgehead atoms. The summed E-state index contributed by atoms with van der Waals surface area (Å²) in [5.74, 6) is 0.716. The van der Waals surface area contributed by atoms with Crippen molar-refractivity contribution in [3.05, 3.63) is 0 Å². The van der Waals surface area contributed by atoms with Crippen LogP contribution in [0.2, 0.25) is 0 Å². The Hall–Kier alpha value is -0.280. The van der Waals surface area contributed by atoms with Crippen molar-refractivity contribution < 1.29 is 4.79 Å². The van der Waals surface area contributed by atoms with Crippen molar-refractivity contribution in [2.75, 3.05) is 13.6 Å². The first-order valence-corrected chi connectivity index (χ1v) is 5.48. The Morgan fingerprint density at radius 3 is 2.33 bits per heavy atom. The predicted molar refractivity (Wildman–Crippen MR) is 67.2 cm³/mol. The fourth-order valence-electron chi connectivity index (χ4n) is 1.21. The summed E-state index contributed by atoms with van der Waals surface area (Å²) in [4.78, 5) is 13.2. The number of rotatable bonds is 6. The number of halogens is 1. The number of nitrogens with two attached hydrogens (primary N) is 1. The molecule has 0 aromatic heterocycles. The fraction of sp³-hybridized carbons (Fsp3) is 0.909. The van der Waals surface area contributed by atoms with E-state index < -0.39 is 0 Å². The highest BCUT2D eigenvalue weighted by atomic mass is 35.5. The fourth-order valence-corrected chi connectivity index (χ4v) is 1.21. The maximum absolute atomic E-state index is 11.4. The maximum atomic E-state index is 11.4. The van der Waals surface area contributed by atoms with Crippen LogP contribution in [0.1, 0.15) is 40.0 Å². The summed E-state index contributed by atoms with van der Waals surface area (Å²) in [6.45, 7) is 7.01. The van der Waals surface area contributed by atoms with Gasteiger partial charge in [0, 0.05) is 26.1 Å². The smallest absolute Gasteiger partial charge is 0.222 e. The lowest BCUT2D eigenvalue weighted by molar-refractivity contribution is -0.130. The second-order valence-electron chi connectivity index (χ2n) is 4.26. The van der Waals surface area contributed by atoms with Gasteiger partial charge in [-0.1, -0.05) is 20.8 Å². The van der Waals surface area contributed by atoms with Crippen LogP contribution in [0.3, 0.4) is 0 Å². The Balaban J connectivity index is 0. The number of amides is 1. The first-order chi connectivity index (χ1) is 6.49. The Bertz CT molecular complexity index is 174. The molecule has 0 aromatic carbocycles. The molecule has 0 saturated heterocycles. The number of carbonyl (C=O) groups is 1. The third kappa shape index (κ3) is 7.63. The molecule has 1 atom stereocenters. The summed E-state index contributed by atoms with van der Waals surface area (Å²) in [6.07, 6.45) is 2.45. The summed E-state index contributed by atoms with van der Waals surface area (Å²) < 4.78 is 0. The minimum absolute atomic E-state index is 0. The van der Waals surface area contributed by atoms with Crippen LogP contribution in [-0.4, -0.2) is 30.4 Å². The molecule has 92 valence electrons. The normalized spacial score (nSPS) is 12.1. The van der Waals surface area contributed by atoms with Crippen LogP contribution in [0, 0.1) is 5.92 Å². The monoisotopic (exact) mass is 236 g/mol. The molecule has 0 spiro atoms. The molecule has 0 rings (SSSR count). The predicted octanol–water partition coefficient (Wildman–Crippen LogP) is 2.04. The highest BCUT2D eigenvalue weighted by Gasteiger charge is 2.11. The Labute approximate surface area is 99.8 Å². The van der Waals surface area contributed by atoms with Crippen LogP contribution in [0.15, 0.2) is 0 Å². The van der Waals surface area contributed by atoms with Gasteiger partial charge in [0.25, 0.3) is 0 Å². The van der Waals surface area contributed by atoms with Crippen molar-refractivity contribution >= 4 is 18.3 Å². The van der Waals surface area contributed by atoms with Crippen molar-refractivity contribution in [3.8, 4) is 0 Å². The van der Waals surface area contributed by atoms with Crippen molar-refractivity contribution in [2.45, 2.75) is 46.1 Å². The molecule has 2 N–H and O–H groups in total. The summed E-state index contributed by atoms with van der Waals surface area (Å²) >= 11 is 0. The SMILES string of the molecule is CCCC(=O)N(C)CCC(N)C(C)C.Cl. The molecule has 0 aliphatic heterocycles. The van der Waals surface area contributed by atoms with Gasteiger partial charge in [-0.05, 0) is 18.8 Å². The van der Waals surface area contributed by atoms with Gasteiger partial charge in [0.2, 0.25) is 5.91 Å². The molecular formula is C11H25ClN2O. The van der Waals surface area contributed by atoms with Crippen LogP contribution in [0.4, 0.5) is 0 Å². The highest BCUT2D eigenvalue weighted by Crippen LogP contribution is 2.04. The van der Waals surface area contributed by atoms with Gasteiger partial charge in [-0.15, -0.1) is 12.4 Å². The lowest BCUT2D eigenvalue weighted by atomic mass is 10.0. The molecule has 3 nitrogen and oxygen atoms in total. The van der Waals surface area contributed by atoms with E-state index in [2.05, 4.69) is 13.8 Å². The minimum Gasteiger partial charge on any atom is -0.346 e. The van der Waals surface area contributed by atoms with E-state index >= 15 is 0 Å². The maximum Gasteiger partial charge on any atom is 0.222 e. The molecule has 0 heterocycles. The standard InChI is InChI=1S/C11H24N2O.ClH/c1-5-6-11(14)13(4)8-7-10(12)9(2)3;/h9-10H,5-8,12H2,1-4H3;1H. The number of hydrogen-bond acceptors (Lipinski definition) is 2. The second-order valence-corrected chi connectivity index (χ2v) is 4.26. The van der Waals surface area contributed by atoms with Crippen LogP contribution in [0.5, 0.6) is 0 Å². The summed E-state index contributed by atoms with van der Waals surface area (Å²) in [5, 5.41) is 0. The summed E-state index contributed by atoms with van der Waals surface area (Å²) in [7, 11) is 1.85. The van der Waals surface area contributed by atoms with E-state index in [4.69, 9.17) is 5.73 Å². The summed E-state index contributed by atoms with van der Waals surface area (Å²) in [5.41, 5.74) is 5.90. The zero-order valence-corrected chi connectivity index (χ0v) is 11.1. The van der Waals surface area contributed by atoms with E-state index in [1.165, 1.54) is 0 Å². The molecule has 0 radical (unpaired) electrons. The zero-order valence-electron chi connectivity index (χ0n) is 10.3. The largest absolute Gasteiger partial charge is 0.346 e. The Morgan fingerprint density at radius 2 is 1.93 bits per heavy atom.